The summed E-state index contributed by atoms with van der Waals surface area (Å²) in [5.74, 6) is -0.169. The monoisotopic (exact) mass is 508 g/mol. The molecule has 1 unspecified atom stereocenters. The molecule has 0 aliphatic heterocycles. The van der Waals surface area contributed by atoms with Gasteiger partial charge in [0.15, 0.2) is 0 Å². The Morgan fingerprint density at radius 3 is 2.30 bits per heavy atom. The number of carbonyl (C=O) groups is 2. The van der Waals surface area contributed by atoms with Crippen molar-refractivity contribution in [3.8, 4) is 5.75 Å². The van der Waals surface area contributed by atoms with E-state index in [9.17, 15) is 9.59 Å². The molecule has 0 aromatic heterocycles. The Hall–Kier alpha value is -3.32. The highest BCUT2D eigenvalue weighted by atomic mass is 16.5. The van der Waals surface area contributed by atoms with Crippen LogP contribution in [0.1, 0.15) is 75.8 Å². The molecule has 3 rings (SSSR count). The van der Waals surface area contributed by atoms with Crippen molar-refractivity contribution in [2.75, 3.05) is 24.7 Å². The molecule has 7 nitrogen and oxygen atoms in total. The normalized spacial score (nSPS) is 18.4. The predicted molar refractivity (Wildman–Crippen MR) is 147 cm³/mol. The highest BCUT2D eigenvalue weighted by molar-refractivity contribution is 5.87. The van der Waals surface area contributed by atoms with E-state index in [2.05, 4.69) is 6.92 Å². The molecule has 0 heterocycles. The minimum absolute atomic E-state index is 0.0336. The van der Waals surface area contributed by atoms with Gasteiger partial charge in [-0.25, -0.2) is 4.79 Å². The minimum atomic E-state index is -0.420. The first-order chi connectivity index (χ1) is 17.9. The molecule has 0 bridgehead atoms. The lowest BCUT2D eigenvalue weighted by Gasteiger charge is -2.26. The molecule has 0 amide bonds. The maximum Gasteiger partial charge on any atom is 0.330 e. The van der Waals surface area contributed by atoms with E-state index < -0.39 is 5.97 Å². The number of esters is 2. The van der Waals surface area contributed by atoms with Gasteiger partial charge in [-0.3, -0.25) is 4.79 Å². The number of rotatable bonds is 12. The third kappa shape index (κ3) is 9.25. The summed E-state index contributed by atoms with van der Waals surface area (Å²) in [4.78, 5) is 24.9. The second kappa shape index (κ2) is 14.4. The molecule has 2 aromatic carbocycles. The van der Waals surface area contributed by atoms with Gasteiger partial charge in [-0.2, -0.15) is 0 Å². The van der Waals surface area contributed by atoms with Gasteiger partial charge >= 0.3 is 11.9 Å². The molecule has 1 aliphatic rings. The van der Waals surface area contributed by atoms with Gasteiger partial charge in [0.1, 0.15) is 5.75 Å². The Morgan fingerprint density at radius 2 is 1.68 bits per heavy atom. The topological polar surface area (TPSA) is 114 Å². The van der Waals surface area contributed by atoms with E-state index in [1.807, 2.05) is 19.1 Å². The van der Waals surface area contributed by atoms with Gasteiger partial charge in [0.25, 0.3) is 0 Å². The van der Waals surface area contributed by atoms with Crippen LogP contribution in [0, 0.1) is 5.92 Å². The number of nitrogens with two attached hydrogens (primary N) is 2. The number of unbranched alkanes of at least 4 members (excludes halogenated alkanes) is 1. The van der Waals surface area contributed by atoms with Crippen molar-refractivity contribution < 1.29 is 23.8 Å². The third-order valence-electron chi connectivity index (χ3n) is 6.72. The fraction of sp³-hybridized carbons (Fsp3) is 0.467. The summed E-state index contributed by atoms with van der Waals surface area (Å²) in [6.45, 7) is 5.08. The fourth-order valence-electron chi connectivity index (χ4n) is 4.68. The molecule has 0 radical (unpaired) electrons. The van der Waals surface area contributed by atoms with E-state index in [0.717, 1.165) is 56.1 Å². The van der Waals surface area contributed by atoms with E-state index >= 15 is 0 Å². The van der Waals surface area contributed by atoms with Gasteiger partial charge in [-0.05, 0) is 86.6 Å². The Kier molecular flexibility index (Phi) is 11.0. The molecule has 7 heteroatoms. The molecule has 1 fully saturated rings. The zero-order valence-electron chi connectivity index (χ0n) is 22.0. The smallest absolute Gasteiger partial charge is 0.330 e. The predicted octanol–water partition coefficient (Wildman–Crippen LogP) is 5.88. The van der Waals surface area contributed by atoms with Crippen LogP contribution in [0.2, 0.25) is 0 Å². The standard InChI is InChI=1S/C30H40N2O5/c1-3-5-6-23(24-17-25(31)19-26(32)18-24)20-36-29(33)16-9-21-7-12-28(13-8-21)37-30(34)22-10-14-27(15-11-22)35-4-2/h7-9,12-13,16-19,22-23,27H,3-6,10-11,14-15,20,31-32H2,1-2H3/b16-9+. The zero-order valence-corrected chi connectivity index (χ0v) is 22.0. The Balaban J connectivity index is 1.48. The zero-order chi connectivity index (χ0) is 26.6. The lowest BCUT2D eigenvalue weighted by Crippen LogP contribution is -2.28. The average Bonchev–Trinajstić information content (AvgIpc) is 2.88. The summed E-state index contributed by atoms with van der Waals surface area (Å²) in [6.07, 6.45) is 9.63. The van der Waals surface area contributed by atoms with Crippen LogP contribution in [-0.4, -0.2) is 31.3 Å². The van der Waals surface area contributed by atoms with Crippen molar-refractivity contribution in [3.05, 3.63) is 59.7 Å². The maximum absolute atomic E-state index is 12.5. The molecule has 4 N–H and O–H groups in total. The van der Waals surface area contributed by atoms with Crippen LogP contribution >= 0.6 is 0 Å². The number of nitrogen functional groups attached to an aromatic ring is 2. The van der Waals surface area contributed by atoms with Gasteiger partial charge in [0.2, 0.25) is 0 Å². The summed E-state index contributed by atoms with van der Waals surface area (Å²) in [5.41, 5.74) is 14.9. The van der Waals surface area contributed by atoms with Crippen LogP contribution in [0.5, 0.6) is 5.75 Å². The molecule has 2 aromatic rings. The largest absolute Gasteiger partial charge is 0.462 e. The SMILES string of the molecule is CCCCC(COC(=O)/C=C/c1ccc(OC(=O)C2CCC(OCC)CC2)cc1)c1cc(N)cc(N)c1. The number of ether oxygens (including phenoxy) is 3. The Bertz CT molecular complexity index is 1020. The van der Waals surface area contributed by atoms with Crippen molar-refractivity contribution in [1.29, 1.82) is 0 Å². The quantitative estimate of drug-likeness (QED) is 0.159. The second-order valence-electron chi connectivity index (χ2n) is 9.65. The molecular formula is C30H40N2O5. The first kappa shape index (κ1) is 28.3. The first-order valence-electron chi connectivity index (χ1n) is 13.3. The van der Waals surface area contributed by atoms with E-state index in [0.29, 0.717) is 23.7 Å². The Labute approximate surface area is 220 Å². The molecular weight excluding hydrogens is 468 g/mol. The summed E-state index contributed by atoms with van der Waals surface area (Å²) >= 11 is 0. The fourth-order valence-corrected chi connectivity index (χ4v) is 4.68. The second-order valence-corrected chi connectivity index (χ2v) is 9.65. The number of anilines is 2. The highest BCUT2D eigenvalue weighted by Gasteiger charge is 2.28. The van der Waals surface area contributed by atoms with Gasteiger partial charge in [0, 0.05) is 30.0 Å². The number of hydrogen-bond donors (Lipinski definition) is 2. The van der Waals surface area contributed by atoms with Crippen molar-refractivity contribution in [2.24, 2.45) is 5.92 Å². The molecule has 0 saturated heterocycles. The van der Waals surface area contributed by atoms with Gasteiger partial charge in [-0.15, -0.1) is 0 Å². The van der Waals surface area contributed by atoms with Crippen molar-refractivity contribution >= 4 is 29.4 Å². The number of benzene rings is 2. The lowest BCUT2D eigenvalue weighted by atomic mass is 9.87. The molecule has 200 valence electrons. The Morgan fingerprint density at radius 1 is 1.00 bits per heavy atom. The van der Waals surface area contributed by atoms with E-state index in [1.165, 1.54) is 6.08 Å². The molecule has 0 spiro atoms. The summed E-state index contributed by atoms with van der Waals surface area (Å²) < 4.78 is 16.8. The molecule has 1 atom stereocenters. The van der Waals surface area contributed by atoms with Crippen LogP contribution in [0.25, 0.3) is 6.08 Å². The van der Waals surface area contributed by atoms with E-state index in [1.54, 1.807) is 36.4 Å². The molecule has 1 saturated carbocycles. The van der Waals surface area contributed by atoms with Crippen molar-refractivity contribution in [2.45, 2.75) is 70.8 Å². The van der Waals surface area contributed by atoms with Gasteiger partial charge in [-0.1, -0.05) is 31.9 Å². The van der Waals surface area contributed by atoms with E-state index in [-0.39, 0.29) is 30.5 Å². The lowest BCUT2D eigenvalue weighted by molar-refractivity contribution is -0.141. The van der Waals surface area contributed by atoms with Crippen LogP contribution in [0.15, 0.2) is 48.5 Å². The van der Waals surface area contributed by atoms with E-state index in [4.69, 9.17) is 25.7 Å². The van der Waals surface area contributed by atoms with Crippen molar-refractivity contribution in [3.63, 3.8) is 0 Å². The van der Waals surface area contributed by atoms with Crippen LogP contribution < -0.4 is 16.2 Å². The summed E-state index contributed by atoms with van der Waals surface area (Å²) in [5, 5.41) is 0. The van der Waals surface area contributed by atoms with Crippen LogP contribution in [0.3, 0.4) is 0 Å². The third-order valence-corrected chi connectivity index (χ3v) is 6.72. The maximum atomic E-state index is 12.5. The average molecular weight is 509 g/mol. The molecule has 1 aliphatic carbocycles. The first-order valence-corrected chi connectivity index (χ1v) is 13.3. The van der Waals surface area contributed by atoms with Gasteiger partial charge < -0.3 is 25.7 Å². The van der Waals surface area contributed by atoms with Crippen LogP contribution in [-0.2, 0) is 19.1 Å². The van der Waals surface area contributed by atoms with Crippen LogP contribution in [0.4, 0.5) is 11.4 Å². The summed E-state index contributed by atoms with van der Waals surface area (Å²) in [6, 6.07) is 12.6. The highest BCUT2D eigenvalue weighted by Crippen LogP contribution is 2.29. The number of carbonyl (C=O) groups excluding carboxylic acids is 2. The van der Waals surface area contributed by atoms with Crippen molar-refractivity contribution in [1.82, 2.24) is 0 Å². The summed E-state index contributed by atoms with van der Waals surface area (Å²) in [7, 11) is 0. The minimum Gasteiger partial charge on any atom is -0.462 e. The number of hydrogen-bond acceptors (Lipinski definition) is 7. The molecule has 37 heavy (non-hydrogen) atoms. The van der Waals surface area contributed by atoms with Gasteiger partial charge in [0.05, 0.1) is 18.6 Å².